The summed E-state index contributed by atoms with van der Waals surface area (Å²) in [6.45, 7) is 1.36. The first-order valence-corrected chi connectivity index (χ1v) is 9.59. The highest BCUT2D eigenvalue weighted by molar-refractivity contribution is 7.99. The van der Waals surface area contributed by atoms with Gasteiger partial charge in [-0.25, -0.2) is 0 Å². The van der Waals surface area contributed by atoms with Crippen LogP contribution in [-0.4, -0.2) is 45.7 Å². The van der Waals surface area contributed by atoms with Crippen LogP contribution in [-0.2, 0) is 16.6 Å². The molecule has 26 heavy (non-hydrogen) atoms. The van der Waals surface area contributed by atoms with Gasteiger partial charge in [-0.1, -0.05) is 30.0 Å². The third-order valence-electron chi connectivity index (χ3n) is 4.36. The monoisotopic (exact) mass is 372 g/mol. The Bertz CT molecular complexity index is 881. The van der Waals surface area contributed by atoms with Crippen LogP contribution in [0.5, 0.6) is 0 Å². The second-order valence-corrected chi connectivity index (χ2v) is 7.18. The van der Waals surface area contributed by atoms with E-state index < -0.39 is 0 Å². The molecule has 3 heterocycles. The van der Waals surface area contributed by atoms with Gasteiger partial charge in [-0.15, -0.1) is 10.2 Å². The number of amides is 1. The summed E-state index contributed by atoms with van der Waals surface area (Å²) >= 11 is 1.35. The van der Waals surface area contributed by atoms with Crippen LogP contribution in [0.15, 0.2) is 39.9 Å². The molecule has 0 aliphatic carbocycles. The first-order chi connectivity index (χ1) is 12.7. The summed E-state index contributed by atoms with van der Waals surface area (Å²) in [7, 11) is 1.87. The highest BCUT2D eigenvalue weighted by Gasteiger charge is 2.18. The lowest BCUT2D eigenvalue weighted by atomic mass is 10.2. The van der Waals surface area contributed by atoms with Crippen molar-refractivity contribution in [3.8, 4) is 11.6 Å². The van der Waals surface area contributed by atoms with Gasteiger partial charge in [0, 0.05) is 25.6 Å². The average molecular weight is 372 g/mol. The van der Waals surface area contributed by atoms with Crippen LogP contribution in [0.4, 0.5) is 0 Å². The summed E-state index contributed by atoms with van der Waals surface area (Å²) in [5, 5.41) is 13.0. The standard InChI is InChI=1S/C18H20N4O3S/c1-22-17(15-9-12-5-2-3-7-14(12)25-15)20-21-18(22)26-11-16(23)19-10-13-6-4-8-24-13/h2-3,5,7,9,13H,4,6,8,10-11H2,1H3,(H,19,23)/t13-/m1/s1. The minimum absolute atomic E-state index is 0.0289. The largest absolute Gasteiger partial charge is 0.453 e. The zero-order valence-corrected chi connectivity index (χ0v) is 15.3. The molecule has 7 nitrogen and oxygen atoms in total. The molecule has 0 saturated carbocycles. The van der Waals surface area contributed by atoms with Gasteiger partial charge in [0.2, 0.25) is 5.91 Å². The van der Waals surface area contributed by atoms with Crippen molar-refractivity contribution in [1.29, 1.82) is 0 Å². The molecule has 0 unspecified atom stereocenters. The molecule has 1 aliphatic heterocycles. The zero-order chi connectivity index (χ0) is 17.9. The number of furan rings is 1. The smallest absolute Gasteiger partial charge is 0.230 e. The molecule has 0 bridgehead atoms. The first kappa shape index (κ1) is 17.1. The molecular formula is C18H20N4O3S. The third-order valence-corrected chi connectivity index (χ3v) is 5.38. The highest BCUT2D eigenvalue weighted by atomic mass is 32.2. The maximum Gasteiger partial charge on any atom is 0.230 e. The second kappa shape index (κ2) is 7.51. The van der Waals surface area contributed by atoms with Crippen molar-refractivity contribution in [1.82, 2.24) is 20.1 Å². The number of carbonyl (C=O) groups is 1. The summed E-state index contributed by atoms with van der Waals surface area (Å²) in [5.74, 6) is 1.57. The van der Waals surface area contributed by atoms with Crippen molar-refractivity contribution >= 4 is 28.6 Å². The van der Waals surface area contributed by atoms with Gasteiger partial charge in [-0.3, -0.25) is 4.79 Å². The number of ether oxygens (including phenoxy) is 1. The number of rotatable bonds is 6. The van der Waals surface area contributed by atoms with E-state index in [9.17, 15) is 4.79 Å². The van der Waals surface area contributed by atoms with Gasteiger partial charge in [0.1, 0.15) is 5.58 Å². The molecule has 136 valence electrons. The molecule has 1 amide bonds. The number of nitrogens with one attached hydrogen (secondary N) is 1. The minimum atomic E-state index is -0.0289. The van der Waals surface area contributed by atoms with Gasteiger partial charge in [-0.05, 0) is 25.0 Å². The molecular weight excluding hydrogens is 352 g/mol. The number of nitrogens with zero attached hydrogens (tertiary/aromatic N) is 3. The van der Waals surface area contributed by atoms with Crippen LogP contribution in [0.3, 0.4) is 0 Å². The van der Waals surface area contributed by atoms with Gasteiger partial charge >= 0.3 is 0 Å². The Labute approximate surface area is 155 Å². The molecule has 0 spiro atoms. The van der Waals surface area contributed by atoms with Crippen LogP contribution in [0.1, 0.15) is 12.8 Å². The number of thioether (sulfide) groups is 1. The van der Waals surface area contributed by atoms with Crippen LogP contribution < -0.4 is 5.32 Å². The van der Waals surface area contributed by atoms with Crippen molar-refractivity contribution in [3.05, 3.63) is 30.3 Å². The molecule has 3 aromatic rings. The number of aromatic nitrogens is 3. The number of fused-ring (bicyclic) bond motifs is 1. The van der Waals surface area contributed by atoms with Gasteiger partial charge in [-0.2, -0.15) is 0 Å². The van der Waals surface area contributed by atoms with Crippen molar-refractivity contribution in [2.45, 2.75) is 24.1 Å². The number of carbonyl (C=O) groups excluding carboxylic acids is 1. The van der Waals surface area contributed by atoms with E-state index in [1.165, 1.54) is 11.8 Å². The number of para-hydroxylation sites is 1. The fourth-order valence-corrected chi connectivity index (χ4v) is 3.70. The van der Waals surface area contributed by atoms with Gasteiger partial charge < -0.3 is 19.0 Å². The molecule has 4 rings (SSSR count). The molecule has 1 aliphatic rings. The predicted molar refractivity (Wildman–Crippen MR) is 98.9 cm³/mol. The fourth-order valence-electron chi connectivity index (χ4n) is 2.96. The molecule has 2 aromatic heterocycles. The van der Waals surface area contributed by atoms with Crippen LogP contribution in [0, 0.1) is 0 Å². The minimum Gasteiger partial charge on any atom is -0.453 e. The van der Waals surface area contributed by atoms with E-state index in [-0.39, 0.29) is 12.0 Å². The Kier molecular flexibility index (Phi) is 4.94. The maximum absolute atomic E-state index is 12.0. The summed E-state index contributed by atoms with van der Waals surface area (Å²) in [6, 6.07) is 9.76. The molecule has 1 saturated heterocycles. The molecule has 8 heteroatoms. The number of hydrogen-bond acceptors (Lipinski definition) is 6. The predicted octanol–water partition coefficient (Wildman–Crippen LogP) is 2.62. The van der Waals surface area contributed by atoms with E-state index in [0.29, 0.717) is 29.0 Å². The van der Waals surface area contributed by atoms with E-state index in [1.54, 1.807) is 0 Å². The lowest BCUT2D eigenvalue weighted by Crippen LogP contribution is -2.32. The second-order valence-electron chi connectivity index (χ2n) is 6.24. The lowest BCUT2D eigenvalue weighted by molar-refractivity contribution is -0.119. The van der Waals surface area contributed by atoms with Gasteiger partial charge in [0.15, 0.2) is 16.7 Å². The Balaban J connectivity index is 1.38. The van der Waals surface area contributed by atoms with Crippen LogP contribution in [0.25, 0.3) is 22.6 Å². The number of benzene rings is 1. The lowest BCUT2D eigenvalue weighted by Gasteiger charge is -2.10. The van der Waals surface area contributed by atoms with E-state index >= 15 is 0 Å². The Morgan fingerprint density at radius 3 is 3.08 bits per heavy atom. The highest BCUT2D eigenvalue weighted by Crippen LogP contribution is 2.28. The van der Waals surface area contributed by atoms with E-state index in [1.807, 2.05) is 41.9 Å². The van der Waals surface area contributed by atoms with Crippen molar-refractivity contribution in [2.75, 3.05) is 18.9 Å². The van der Waals surface area contributed by atoms with E-state index in [2.05, 4.69) is 15.5 Å². The summed E-state index contributed by atoms with van der Waals surface area (Å²) in [6.07, 6.45) is 2.23. The Morgan fingerprint density at radius 1 is 1.38 bits per heavy atom. The zero-order valence-electron chi connectivity index (χ0n) is 14.5. The van der Waals surface area contributed by atoms with Crippen LogP contribution in [0.2, 0.25) is 0 Å². The van der Waals surface area contributed by atoms with Crippen molar-refractivity contribution < 1.29 is 13.9 Å². The van der Waals surface area contributed by atoms with Gasteiger partial charge in [0.25, 0.3) is 0 Å². The Morgan fingerprint density at radius 2 is 2.27 bits per heavy atom. The molecule has 1 aromatic carbocycles. The van der Waals surface area contributed by atoms with Crippen LogP contribution >= 0.6 is 11.8 Å². The molecule has 1 fully saturated rings. The van der Waals surface area contributed by atoms with Crippen molar-refractivity contribution in [2.24, 2.45) is 7.05 Å². The normalized spacial score (nSPS) is 17.0. The maximum atomic E-state index is 12.0. The topological polar surface area (TPSA) is 82.2 Å². The molecule has 1 atom stereocenters. The summed E-state index contributed by atoms with van der Waals surface area (Å²) < 4.78 is 13.2. The average Bonchev–Trinajstić information content (AvgIpc) is 3.37. The van der Waals surface area contributed by atoms with E-state index in [0.717, 1.165) is 30.4 Å². The Hall–Kier alpha value is -2.32. The van der Waals surface area contributed by atoms with Gasteiger partial charge in [0.05, 0.1) is 11.9 Å². The number of hydrogen-bond donors (Lipinski definition) is 1. The summed E-state index contributed by atoms with van der Waals surface area (Å²) in [4.78, 5) is 12.0. The fraction of sp³-hybridized carbons (Fsp3) is 0.389. The molecule has 1 N–H and O–H groups in total. The first-order valence-electron chi connectivity index (χ1n) is 8.60. The van der Waals surface area contributed by atoms with Crippen molar-refractivity contribution in [3.63, 3.8) is 0 Å². The molecule has 0 radical (unpaired) electrons. The SMILES string of the molecule is Cn1c(SCC(=O)NC[C@H]2CCCO2)nnc1-c1cc2ccccc2o1. The quantitative estimate of drug-likeness (QED) is 0.670. The summed E-state index contributed by atoms with van der Waals surface area (Å²) in [5.41, 5.74) is 0.813. The van der Waals surface area contributed by atoms with E-state index in [4.69, 9.17) is 9.15 Å². The third kappa shape index (κ3) is 3.61.